The minimum Gasteiger partial charge on any atom is -0.368 e. The molecule has 25 heavy (non-hydrogen) atoms. The van der Waals surface area contributed by atoms with Gasteiger partial charge in [0.2, 0.25) is 5.91 Å². The molecule has 9 heteroatoms. The first-order valence-corrected chi connectivity index (χ1v) is 7.06. The summed E-state index contributed by atoms with van der Waals surface area (Å²) in [5.41, 5.74) is 5.18. The topological polar surface area (TPSA) is 115 Å². The minimum absolute atomic E-state index is 0.0398. The van der Waals surface area contributed by atoms with Crippen LogP contribution in [-0.4, -0.2) is 22.8 Å². The second-order valence-electron chi connectivity index (χ2n) is 5.18. The number of nitro groups is 1. The second kappa shape index (κ2) is 7.47. The molecular weight excluding hydrogens is 336 g/mol. The zero-order valence-corrected chi connectivity index (χ0v) is 12.7. The Labute approximate surface area is 140 Å². The highest BCUT2D eigenvalue weighted by atomic mass is 19.1. The Morgan fingerprint density at radius 1 is 1.16 bits per heavy atom. The average molecular weight is 349 g/mol. The van der Waals surface area contributed by atoms with Gasteiger partial charge in [-0.15, -0.1) is 0 Å². The van der Waals surface area contributed by atoms with Crippen LogP contribution in [0.1, 0.15) is 15.9 Å². The molecule has 0 aliphatic heterocycles. The van der Waals surface area contributed by atoms with E-state index < -0.39 is 40.0 Å². The number of non-ortho nitro benzene ring substituents is 1. The summed E-state index contributed by atoms with van der Waals surface area (Å²) in [6.45, 7) is 0. The van der Waals surface area contributed by atoms with E-state index in [0.29, 0.717) is 11.6 Å². The highest BCUT2D eigenvalue weighted by Gasteiger charge is 2.21. The van der Waals surface area contributed by atoms with Gasteiger partial charge < -0.3 is 11.1 Å². The number of nitro benzene ring substituents is 1. The summed E-state index contributed by atoms with van der Waals surface area (Å²) in [4.78, 5) is 33.6. The van der Waals surface area contributed by atoms with E-state index in [0.717, 1.165) is 12.1 Å². The molecular formula is C16H13F2N3O4. The third kappa shape index (κ3) is 4.56. The van der Waals surface area contributed by atoms with Crippen LogP contribution in [0.3, 0.4) is 0 Å². The number of benzene rings is 2. The molecule has 0 aliphatic carbocycles. The van der Waals surface area contributed by atoms with Crippen molar-refractivity contribution < 1.29 is 23.3 Å². The van der Waals surface area contributed by atoms with E-state index in [1.807, 2.05) is 0 Å². The lowest BCUT2D eigenvalue weighted by Crippen LogP contribution is -2.46. The first-order chi connectivity index (χ1) is 11.8. The Balaban J connectivity index is 2.14. The fourth-order valence-corrected chi connectivity index (χ4v) is 2.12. The SMILES string of the molecule is NC(=O)[C@@H](Cc1ccc([N+](=O)[O-])cc1)NC(=O)c1ccc(F)cc1F. The van der Waals surface area contributed by atoms with Gasteiger partial charge in [-0.1, -0.05) is 12.1 Å². The molecule has 2 amide bonds. The third-order valence-corrected chi connectivity index (χ3v) is 3.41. The van der Waals surface area contributed by atoms with Gasteiger partial charge in [-0.3, -0.25) is 19.7 Å². The molecule has 1 atom stereocenters. The molecule has 0 aromatic heterocycles. The van der Waals surface area contributed by atoms with E-state index >= 15 is 0 Å². The van der Waals surface area contributed by atoms with Crippen molar-refractivity contribution in [3.63, 3.8) is 0 Å². The van der Waals surface area contributed by atoms with Gasteiger partial charge in [0.15, 0.2) is 0 Å². The van der Waals surface area contributed by atoms with Crippen LogP contribution in [0.5, 0.6) is 0 Å². The number of hydrogen-bond donors (Lipinski definition) is 2. The van der Waals surface area contributed by atoms with Gasteiger partial charge in [0.1, 0.15) is 17.7 Å². The number of hydrogen-bond acceptors (Lipinski definition) is 4. The van der Waals surface area contributed by atoms with Crippen molar-refractivity contribution in [1.29, 1.82) is 0 Å². The van der Waals surface area contributed by atoms with Gasteiger partial charge in [0.05, 0.1) is 10.5 Å². The summed E-state index contributed by atoms with van der Waals surface area (Å²) in [5, 5.41) is 12.9. The van der Waals surface area contributed by atoms with Gasteiger partial charge in [-0.05, 0) is 17.7 Å². The number of primary amides is 1. The summed E-state index contributed by atoms with van der Waals surface area (Å²) in [7, 11) is 0. The predicted octanol–water partition coefficient (Wildman–Crippen LogP) is 1.70. The number of carbonyl (C=O) groups is 2. The van der Waals surface area contributed by atoms with E-state index in [1.165, 1.54) is 24.3 Å². The summed E-state index contributed by atoms with van der Waals surface area (Å²) >= 11 is 0. The Morgan fingerprint density at radius 3 is 2.32 bits per heavy atom. The van der Waals surface area contributed by atoms with Crippen molar-refractivity contribution in [2.45, 2.75) is 12.5 Å². The van der Waals surface area contributed by atoms with Crippen LogP contribution in [0.2, 0.25) is 0 Å². The zero-order valence-electron chi connectivity index (χ0n) is 12.7. The van der Waals surface area contributed by atoms with Crippen molar-refractivity contribution in [2.75, 3.05) is 0 Å². The molecule has 0 spiro atoms. The number of nitrogens with two attached hydrogens (primary N) is 1. The molecule has 7 nitrogen and oxygen atoms in total. The minimum atomic E-state index is -1.17. The van der Waals surface area contributed by atoms with Crippen molar-refractivity contribution in [1.82, 2.24) is 5.32 Å². The van der Waals surface area contributed by atoms with Gasteiger partial charge in [0.25, 0.3) is 11.6 Å². The molecule has 0 bridgehead atoms. The molecule has 0 saturated heterocycles. The maximum Gasteiger partial charge on any atom is 0.269 e. The Hall–Kier alpha value is -3.36. The average Bonchev–Trinajstić information content (AvgIpc) is 2.54. The molecule has 2 aromatic carbocycles. The lowest BCUT2D eigenvalue weighted by atomic mass is 10.0. The van der Waals surface area contributed by atoms with Crippen LogP contribution in [-0.2, 0) is 11.2 Å². The monoisotopic (exact) mass is 349 g/mol. The second-order valence-corrected chi connectivity index (χ2v) is 5.18. The number of carbonyl (C=O) groups excluding carboxylic acids is 2. The summed E-state index contributed by atoms with van der Waals surface area (Å²) in [6.07, 6.45) is -0.0398. The largest absolute Gasteiger partial charge is 0.368 e. The van der Waals surface area contributed by atoms with Crippen LogP contribution >= 0.6 is 0 Å². The molecule has 0 aliphatic rings. The van der Waals surface area contributed by atoms with Gasteiger partial charge >= 0.3 is 0 Å². The molecule has 0 saturated carbocycles. The lowest BCUT2D eigenvalue weighted by molar-refractivity contribution is -0.384. The molecule has 2 rings (SSSR count). The first-order valence-electron chi connectivity index (χ1n) is 7.06. The van der Waals surface area contributed by atoms with Gasteiger partial charge in [-0.2, -0.15) is 0 Å². The standard InChI is InChI=1S/C16H13F2N3O4/c17-10-3-6-12(13(18)8-10)16(23)20-14(15(19)22)7-9-1-4-11(5-2-9)21(24)25/h1-6,8,14H,7H2,(H2,19,22)(H,20,23)/t14-/m1/s1. The number of halogens is 2. The summed E-state index contributed by atoms with van der Waals surface area (Å²) in [5.74, 6) is -3.71. The Bertz CT molecular complexity index is 825. The van der Waals surface area contributed by atoms with E-state index in [-0.39, 0.29) is 12.1 Å². The molecule has 0 heterocycles. The maximum atomic E-state index is 13.6. The Kier molecular flexibility index (Phi) is 5.38. The van der Waals surface area contributed by atoms with Crippen LogP contribution in [0, 0.1) is 21.7 Å². The quantitative estimate of drug-likeness (QED) is 0.610. The summed E-state index contributed by atoms with van der Waals surface area (Å²) in [6, 6.07) is 6.56. The number of nitrogens with one attached hydrogen (secondary N) is 1. The lowest BCUT2D eigenvalue weighted by Gasteiger charge is -2.16. The van der Waals surface area contributed by atoms with Crippen molar-refractivity contribution in [3.8, 4) is 0 Å². The van der Waals surface area contributed by atoms with Crippen molar-refractivity contribution in [3.05, 3.63) is 75.3 Å². The molecule has 0 fully saturated rings. The third-order valence-electron chi connectivity index (χ3n) is 3.41. The molecule has 2 aromatic rings. The van der Waals surface area contributed by atoms with E-state index in [9.17, 15) is 28.5 Å². The number of amides is 2. The van der Waals surface area contributed by atoms with E-state index in [1.54, 1.807) is 0 Å². The van der Waals surface area contributed by atoms with Gasteiger partial charge in [0, 0.05) is 24.6 Å². The highest BCUT2D eigenvalue weighted by molar-refractivity contribution is 5.97. The van der Waals surface area contributed by atoms with Gasteiger partial charge in [-0.25, -0.2) is 8.78 Å². The Morgan fingerprint density at radius 2 is 1.80 bits per heavy atom. The molecule has 3 N–H and O–H groups in total. The van der Waals surface area contributed by atoms with Crippen LogP contribution in [0.15, 0.2) is 42.5 Å². The zero-order chi connectivity index (χ0) is 18.6. The fraction of sp³-hybridized carbons (Fsp3) is 0.125. The molecule has 130 valence electrons. The first kappa shape index (κ1) is 18.0. The number of rotatable bonds is 6. The maximum absolute atomic E-state index is 13.6. The van der Waals surface area contributed by atoms with Crippen LogP contribution in [0.4, 0.5) is 14.5 Å². The smallest absolute Gasteiger partial charge is 0.269 e. The summed E-state index contributed by atoms with van der Waals surface area (Å²) < 4.78 is 26.5. The van der Waals surface area contributed by atoms with Crippen molar-refractivity contribution in [2.24, 2.45) is 5.73 Å². The number of nitrogens with zero attached hydrogens (tertiary/aromatic N) is 1. The molecule has 0 radical (unpaired) electrons. The highest BCUT2D eigenvalue weighted by Crippen LogP contribution is 2.14. The van der Waals surface area contributed by atoms with Crippen LogP contribution in [0.25, 0.3) is 0 Å². The fourth-order valence-electron chi connectivity index (χ4n) is 2.12. The van der Waals surface area contributed by atoms with E-state index in [2.05, 4.69) is 5.32 Å². The predicted molar refractivity (Wildman–Crippen MR) is 83.6 cm³/mol. The van der Waals surface area contributed by atoms with Crippen molar-refractivity contribution >= 4 is 17.5 Å². The van der Waals surface area contributed by atoms with E-state index in [4.69, 9.17) is 5.73 Å². The van der Waals surface area contributed by atoms with Crippen LogP contribution < -0.4 is 11.1 Å². The normalized spacial score (nSPS) is 11.6. The molecule has 0 unspecified atom stereocenters.